The van der Waals surface area contributed by atoms with Crippen LogP contribution in [-0.2, 0) is 21.1 Å². The van der Waals surface area contributed by atoms with E-state index in [-0.39, 0.29) is 21.1 Å². The number of phenolic OH excluding ortho intramolecular Hbond substituents is 2. The summed E-state index contributed by atoms with van der Waals surface area (Å²) in [6, 6.07) is 18.5. The Labute approximate surface area is 184 Å². The van der Waals surface area contributed by atoms with Crippen LogP contribution in [0.15, 0.2) is 48.5 Å². The van der Waals surface area contributed by atoms with Crippen LogP contribution in [0.25, 0.3) is 0 Å². The third kappa shape index (κ3) is 58.9. The second-order valence-corrected chi connectivity index (χ2v) is 6.22. The van der Waals surface area contributed by atoms with Crippen molar-refractivity contribution in [1.82, 2.24) is 0 Å². The van der Waals surface area contributed by atoms with E-state index in [1.165, 1.54) is 6.42 Å². The molecule has 0 fully saturated rings. The van der Waals surface area contributed by atoms with Crippen molar-refractivity contribution >= 4 is 0 Å². The Kier molecular flexibility index (Phi) is 40.0. The standard InChI is InChI=1S/2C6H5O.C5H12.C3H8.2C2H6.W/c2*7-6-4-2-1-3-5-6;1-5(2,3)4;1-3-2;2*1-2;/h2*2-5,7H;1-4H3;3H2,1-2H3;2*1-2H3;/q2*-1;;;;;+2. The molecule has 0 aliphatic heterocycles. The number of phenols is 2. The average molecular weight is 546 g/mol. The number of hydrogen-bond donors (Lipinski definition) is 2. The van der Waals surface area contributed by atoms with E-state index in [2.05, 4.69) is 53.7 Å². The van der Waals surface area contributed by atoms with Gasteiger partial charge < -0.3 is 10.2 Å². The van der Waals surface area contributed by atoms with Crippen molar-refractivity contribution in [3.05, 3.63) is 60.7 Å². The maximum Gasteiger partial charge on any atom is 2.00 e. The van der Waals surface area contributed by atoms with Crippen LogP contribution in [0, 0.1) is 17.5 Å². The molecule has 2 N–H and O–H groups in total. The first-order valence-electron chi connectivity index (χ1n) is 9.50. The smallest absolute Gasteiger partial charge is 0.533 e. The summed E-state index contributed by atoms with van der Waals surface area (Å²) in [5.41, 5.74) is 0.500. The quantitative estimate of drug-likeness (QED) is 0.330. The van der Waals surface area contributed by atoms with E-state index in [1.807, 2.05) is 27.7 Å². The molecule has 0 saturated heterocycles. The normalized spacial score (nSPS) is 7.78. The van der Waals surface area contributed by atoms with Crippen LogP contribution in [-0.4, -0.2) is 10.2 Å². The second kappa shape index (κ2) is 29.5. The van der Waals surface area contributed by atoms with E-state index in [0.29, 0.717) is 16.9 Å². The molecular weight excluding hydrogens is 504 g/mol. The van der Waals surface area contributed by atoms with Crippen LogP contribution in [0.2, 0.25) is 0 Å². The number of aromatic hydroxyl groups is 2. The second-order valence-electron chi connectivity index (χ2n) is 6.22. The molecule has 27 heavy (non-hydrogen) atoms. The Balaban J connectivity index is -0.0000000766. The molecule has 0 spiro atoms. The molecular formula is C24H42O2W. The van der Waals surface area contributed by atoms with Crippen LogP contribution >= 0.6 is 0 Å². The summed E-state index contributed by atoms with van der Waals surface area (Å²) in [6.07, 6.45) is 1.25. The van der Waals surface area contributed by atoms with Crippen LogP contribution in [0.4, 0.5) is 0 Å². The molecule has 0 unspecified atom stereocenters. The summed E-state index contributed by atoms with van der Waals surface area (Å²) < 4.78 is 0. The first kappa shape index (κ1) is 36.6. The molecule has 156 valence electrons. The first-order chi connectivity index (χ1) is 12.2. The Bertz CT molecular complexity index is 393. The van der Waals surface area contributed by atoms with E-state index in [9.17, 15) is 0 Å². The van der Waals surface area contributed by atoms with Crippen LogP contribution < -0.4 is 0 Å². The van der Waals surface area contributed by atoms with E-state index in [0.717, 1.165) is 0 Å². The van der Waals surface area contributed by atoms with Crippen molar-refractivity contribution < 1.29 is 31.3 Å². The SMILES string of the molecule is CC.CC.CC(C)(C)C.CCC.Oc1cc[c-]cc1.Oc1cc[c-]cc1.[W+2]. The van der Waals surface area contributed by atoms with Crippen molar-refractivity contribution in [2.45, 2.75) is 75.7 Å². The fourth-order valence-corrected chi connectivity index (χ4v) is 0.756. The maximum atomic E-state index is 8.61. The minimum absolute atomic E-state index is 0. The number of rotatable bonds is 0. The van der Waals surface area contributed by atoms with Crippen molar-refractivity contribution in [1.29, 1.82) is 0 Å². The molecule has 2 nitrogen and oxygen atoms in total. The summed E-state index contributed by atoms with van der Waals surface area (Å²) in [4.78, 5) is 0. The molecule has 3 heteroatoms. The average Bonchev–Trinajstić information content (AvgIpc) is 2.60. The molecule has 0 heterocycles. The minimum atomic E-state index is 0. The van der Waals surface area contributed by atoms with Gasteiger partial charge in [-0.1, -0.05) is 75.7 Å². The van der Waals surface area contributed by atoms with Gasteiger partial charge in [0.25, 0.3) is 0 Å². The molecule has 0 radical (unpaired) electrons. The van der Waals surface area contributed by atoms with Gasteiger partial charge in [-0.2, -0.15) is 36.4 Å². The zero-order chi connectivity index (χ0) is 21.4. The van der Waals surface area contributed by atoms with Crippen molar-refractivity contribution in [3.8, 4) is 11.5 Å². The van der Waals surface area contributed by atoms with Crippen LogP contribution in [0.1, 0.15) is 75.7 Å². The monoisotopic (exact) mass is 546 g/mol. The Morgan fingerprint density at radius 2 is 0.815 bits per heavy atom. The van der Waals surface area contributed by atoms with Crippen molar-refractivity contribution in [2.24, 2.45) is 5.41 Å². The molecule has 0 aromatic heterocycles. The van der Waals surface area contributed by atoms with Gasteiger partial charge in [0, 0.05) is 11.5 Å². The molecule has 0 aliphatic carbocycles. The Hall–Kier alpha value is -1.27. The predicted molar refractivity (Wildman–Crippen MR) is 118 cm³/mol. The summed E-state index contributed by atoms with van der Waals surface area (Å²) in [5.74, 6) is 0.581. The molecule has 0 amide bonds. The van der Waals surface area contributed by atoms with E-state index >= 15 is 0 Å². The van der Waals surface area contributed by atoms with Gasteiger partial charge in [-0.25, -0.2) is 0 Å². The fraction of sp³-hybridized carbons (Fsp3) is 0.500. The molecule has 0 atom stereocenters. The van der Waals surface area contributed by atoms with E-state index < -0.39 is 0 Å². The Morgan fingerprint density at radius 1 is 0.667 bits per heavy atom. The van der Waals surface area contributed by atoms with Gasteiger partial charge in [0.15, 0.2) is 0 Å². The summed E-state index contributed by atoms with van der Waals surface area (Å²) >= 11 is 0. The molecule has 2 rings (SSSR count). The van der Waals surface area contributed by atoms with Gasteiger partial charge in [0.1, 0.15) is 0 Å². The molecule has 2 aromatic rings. The Morgan fingerprint density at radius 3 is 0.889 bits per heavy atom. The van der Waals surface area contributed by atoms with Gasteiger partial charge in [0.05, 0.1) is 0 Å². The third-order valence-corrected chi connectivity index (χ3v) is 1.40. The van der Waals surface area contributed by atoms with Crippen LogP contribution in [0.3, 0.4) is 0 Å². The van der Waals surface area contributed by atoms with E-state index in [4.69, 9.17) is 10.2 Å². The third-order valence-electron chi connectivity index (χ3n) is 1.40. The molecule has 0 saturated carbocycles. The zero-order valence-electron chi connectivity index (χ0n) is 19.1. The molecule has 2 aromatic carbocycles. The summed E-state index contributed by atoms with van der Waals surface area (Å²) in [5, 5.41) is 17.2. The zero-order valence-corrected chi connectivity index (χ0v) is 22.1. The molecule has 0 aliphatic rings. The number of hydrogen-bond acceptors (Lipinski definition) is 2. The van der Waals surface area contributed by atoms with Gasteiger partial charge in [-0.3, -0.25) is 0 Å². The van der Waals surface area contributed by atoms with Crippen molar-refractivity contribution in [3.63, 3.8) is 0 Å². The largest absolute Gasteiger partial charge is 2.00 e. The van der Waals surface area contributed by atoms with Crippen molar-refractivity contribution in [2.75, 3.05) is 0 Å². The molecule has 0 bridgehead atoms. The van der Waals surface area contributed by atoms with Gasteiger partial charge in [0.2, 0.25) is 0 Å². The van der Waals surface area contributed by atoms with Crippen LogP contribution in [0.5, 0.6) is 11.5 Å². The maximum absolute atomic E-state index is 8.61. The van der Waals surface area contributed by atoms with E-state index in [1.54, 1.807) is 48.5 Å². The topological polar surface area (TPSA) is 40.5 Å². The summed E-state index contributed by atoms with van der Waals surface area (Å²) in [7, 11) is 0. The summed E-state index contributed by atoms with van der Waals surface area (Å²) in [6.45, 7) is 21.0. The van der Waals surface area contributed by atoms with Gasteiger partial charge in [-0.05, 0) is 5.41 Å². The number of benzene rings is 2. The van der Waals surface area contributed by atoms with Gasteiger partial charge in [-0.15, -0.1) is 24.3 Å². The predicted octanol–water partition coefficient (Wildman–Crippen LogP) is 7.90. The van der Waals surface area contributed by atoms with Gasteiger partial charge >= 0.3 is 21.1 Å². The minimum Gasteiger partial charge on any atom is -0.533 e. The fourth-order valence-electron chi connectivity index (χ4n) is 0.756. The first-order valence-corrected chi connectivity index (χ1v) is 9.50.